The highest BCUT2D eigenvalue weighted by molar-refractivity contribution is 9.11. The number of methoxy groups -OCH3 is 1. The lowest BCUT2D eigenvalue weighted by Crippen LogP contribution is -2.68. The molecule has 0 amide bonds. The van der Waals surface area contributed by atoms with Crippen LogP contribution in [0.15, 0.2) is 10.6 Å². The van der Waals surface area contributed by atoms with Crippen LogP contribution >= 0.6 is 15.9 Å². The van der Waals surface area contributed by atoms with Crippen molar-refractivity contribution in [1.29, 1.82) is 0 Å². The van der Waals surface area contributed by atoms with Crippen LogP contribution in [-0.4, -0.2) is 18.5 Å². The van der Waals surface area contributed by atoms with Gasteiger partial charge in [0.25, 0.3) is 0 Å². The maximum atomic E-state index is 6.27. The van der Waals surface area contributed by atoms with Crippen molar-refractivity contribution in [2.75, 3.05) is 7.11 Å². The third-order valence-electron chi connectivity index (χ3n) is 5.12. The topological polar surface area (TPSA) is 18.5 Å². The molecule has 2 aliphatic heterocycles. The fourth-order valence-corrected chi connectivity index (χ4v) is 4.69. The van der Waals surface area contributed by atoms with Gasteiger partial charge in [0, 0.05) is 29.8 Å². The number of halogens is 1. The molecule has 4 aliphatic rings. The number of hydrogen-bond donors (Lipinski definition) is 0. The monoisotopic (exact) mass is 296 g/mol. The predicted octanol–water partition coefficient (Wildman–Crippen LogP) is 3.22. The van der Waals surface area contributed by atoms with Gasteiger partial charge < -0.3 is 9.47 Å². The standard InChI is InChI=1S/C14H17BrO2/c1-4-14-11(15)6-5-10-9-13(16-3,17-14)8-7-12(10,14)2/h1,6,10H,5,7-9H2,2-3H3/t10-,12+,13+,14-/m1/s1. The summed E-state index contributed by atoms with van der Waals surface area (Å²) in [5.74, 6) is 3.00. The molecule has 4 bridgehead atoms. The molecule has 0 aromatic rings. The minimum absolute atomic E-state index is 0.0373. The minimum atomic E-state index is -0.623. The Labute approximate surface area is 111 Å². The van der Waals surface area contributed by atoms with E-state index >= 15 is 0 Å². The van der Waals surface area contributed by atoms with Crippen molar-refractivity contribution in [1.82, 2.24) is 0 Å². The van der Waals surface area contributed by atoms with E-state index in [2.05, 4.69) is 34.9 Å². The normalized spacial score (nSPS) is 51.9. The maximum Gasteiger partial charge on any atom is 0.170 e. The average Bonchev–Trinajstić information content (AvgIpc) is 2.34. The molecule has 0 radical (unpaired) electrons. The van der Waals surface area contributed by atoms with Gasteiger partial charge in [-0.25, -0.2) is 0 Å². The molecular formula is C14H17BrO2. The van der Waals surface area contributed by atoms with Crippen LogP contribution in [0.1, 0.15) is 32.6 Å². The van der Waals surface area contributed by atoms with Crippen molar-refractivity contribution in [2.24, 2.45) is 11.3 Å². The molecule has 0 N–H and O–H groups in total. The quantitative estimate of drug-likeness (QED) is 0.692. The number of ether oxygens (including phenoxy) is 2. The lowest BCUT2D eigenvalue weighted by molar-refractivity contribution is -0.360. The lowest BCUT2D eigenvalue weighted by atomic mass is 9.52. The van der Waals surface area contributed by atoms with Gasteiger partial charge in [-0.2, -0.15) is 0 Å². The summed E-state index contributed by atoms with van der Waals surface area (Å²) in [6, 6.07) is 0. The van der Waals surface area contributed by atoms with E-state index in [1.807, 2.05) is 0 Å². The van der Waals surface area contributed by atoms with E-state index in [1.54, 1.807) is 7.11 Å². The summed E-state index contributed by atoms with van der Waals surface area (Å²) in [6.07, 6.45) is 12.0. The predicted molar refractivity (Wildman–Crippen MR) is 69.5 cm³/mol. The lowest BCUT2D eigenvalue weighted by Gasteiger charge is -2.65. The highest BCUT2D eigenvalue weighted by Crippen LogP contribution is 2.66. The van der Waals surface area contributed by atoms with E-state index in [9.17, 15) is 0 Å². The second kappa shape index (κ2) is 3.38. The van der Waals surface area contributed by atoms with Crippen LogP contribution in [-0.2, 0) is 9.47 Å². The first-order valence-electron chi connectivity index (χ1n) is 6.11. The van der Waals surface area contributed by atoms with Crippen LogP contribution in [0.25, 0.3) is 0 Å². The van der Waals surface area contributed by atoms with Gasteiger partial charge in [-0.1, -0.05) is 34.9 Å². The zero-order valence-corrected chi connectivity index (χ0v) is 11.8. The van der Waals surface area contributed by atoms with E-state index in [0.29, 0.717) is 5.92 Å². The SMILES string of the molecule is C#C[C@]12O[C@@]3(OC)CC[C@@]1(C)[C@H](CC=C2Br)C3. The Kier molecular flexibility index (Phi) is 2.34. The molecule has 3 fully saturated rings. The van der Waals surface area contributed by atoms with E-state index in [-0.39, 0.29) is 5.41 Å². The van der Waals surface area contributed by atoms with Crippen molar-refractivity contribution in [2.45, 2.75) is 44.0 Å². The maximum absolute atomic E-state index is 6.27. The molecule has 92 valence electrons. The molecule has 2 heterocycles. The van der Waals surface area contributed by atoms with Gasteiger partial charge in [-0.15, -0.1) is 6.42 Å². The van der Waals surface area contributed by atoms with Gasteiger partial charge in [-0.3, -0.25) is 0 Å². The van der Waals surface area contributed by atoms with Gasteiger partial charge in [0.05, 0.1) is 0 Å². The molecule has 2 saturated heterocycles. The van der Waals surface area contributed by atoms with Crippen LogP contribution in [0, 0.1) is 23.7 Å². The average molecular weight is 297 g/mol. The summed E-state index contributed by atoms with van der Waals surface area (Å²) in [4.78, 5) is 0. The summed E-state index contributed by atoms with van der Waals surface area (Å²) in [5.41, 5.74) is -0.585. The fraction of sp³-hybridized carbons (Fsp3) is 0.714. The summed E-state index contributed by atoms with van der Waals surface area (Å²) in [6.45, 7) is 2.27. The van der Waals surface area contributed by atoms with Gasteiger partial charge in [0.15, 0.2) is 11.4 Å². The van der Waals surface area contributed by atoms with Crippen molar-refractivity contribution in [3.63, 3.8) is 0 Å². The first kappa shape index (κ1) is 11.8. The Balaban J connectivity index is 2.18. The van der Waals surface area contributed by atoms with Crippen LogP contribution in [0.4, 0.5) is 0 Å². The Hall–Kier alpha value is -0.300. The van der Waals surface area contributed by atoms with E-state index in [4.69, 9.17) is 15.9 Å². The highest BCUT2D eigenvalue weighted by atomic mass is 79.9. The molecule has 0 aromatic carbocycles. The summed E-state index contributed by atoms with van der Waals surface area (Å²) >= 11 is 3.62. The Morgan fingerprint density at radius 3 is 3.00 bits per heavy atom. The van der Waals surface area contributed by atoms with Crippen molar-refractivity contribution >= 4 is 15.9 Å². The molecule has 2 nitrogen and oxygen atoms in total. The van der Waals surface area contributed by atoms with E-state index in [0.717, 1.165) is 30.2 Å². The molecule has 0 aromatic heterocycles. The van der Waals surface area contributed by atoms with Gasteiger partial charge in [-0.05, 0) is 18.8 Å². The third kappa shape index (κ3) is 1.19. The summed E-state index contributed by atoms with van der Waals surface area (Å²) in [7, 11) is 1.73. The number of rotatable bonds is 1. The molecule has 0 unspecified atom stereocenters. The zero-order valence-electron chi connectivity index (χ0n) is 10.3. The van der Waals surface area contributed by atoms with Crippen LogP contribution in [0.5, 0.6) is 0 Å². The highest BCUT2D eigenvalue weighted by Gasteiger charge is 2.68. The molecular weight excluding hydrogens is 280 g/mol. The Morgan fingerprint density at radius 2 is 2.35 bits per heavy atom. The van der Waals surface area contributed by atoms with E-state index in [1.165, 1.54) is 0 Å². The zero-order chi connectivity index (χ0) is 12.3. The molecule has 17 heavy (non-hydrogen) atoms. The van der Waals surface area contributed by atoms with Gasteiger partial charge in [0.2, 0.25) is 0 Å². The molecule has 2 aliphatic carbocycles. The third-order valence-corrected chi connectivity index (χ3v) is 6.00. The number of fused-ring (bicyclic) bond motifs is 1. The van der Waals surface area contributed by atoms with Crippen molar-refractivity contribution in [3.05, 3.63) is 10.6 Å². The van der Waals surface area contributed by atoms with Crippen LogP contribution < -0.4 is 0 Å². The smallest absolute Gasteiger partial charge is 0.170 e. The molecule has 4 rings (SSSR count). The first-order valence-corrected chi connectivity index (χ1v) is 6.90. The molecule has 0 spiro atoms. The van der Waals surface area contributed by atoms with Crippen molar-refractivity contribution in [3.8, 4) is 12.3 Å². The van der Waals surface area contributed by atoms with Gasteiger partial charge >= 0.3 is 0 Å². The first-order chi connectivity index (χ1) is 8.02. The largest absolute Gasteiger partial charge is 0.353 e. The molecule has 3 heteroatoms. The van der Waals surface area contributed by atoms with Gasteiger partial charge in [0.1, 0.15) is 0 Å². The van der Waals surface area contributed by atoms with E-state index < -0.39 is 11.4 Å². The van der Waals surface area contributed by atoms with Crippen LogP contribution in [0.3, 0.4) is 0 Å². The second-order valence-electron chi connectivity index (χ2n) is 5.65. The summed E-state index contributed by atoms with van der Waals surface area (Å²) in [5, 5.41) is 0. The number of hydrogen-bond acceptors (Lipinski definition) is 2. The van der Waals surface area contributed by atoms with Crippen molar-refractivity contribution < 1.29 is 9.47 Å². The Morgan fingerprint density at radius 1 is 1.59 bits per heavy atom. The number of terminal acetylenes is 1. The fourth-order valence-electron chi connectivity index (χ4n) is 3.85. The Bertz CT molecular complexity index is 438. The molecule has 1 saturated carbocycles. The molecule has 4 atom stereocenters. The van der Waals surface area contributed by atoms with Crippen LogP contribution in [0.2, 0.25) is 0 Å². The minimum Gasteiger partial charge on any atom is -0.353 e. The number of allylic oxidation sites excluding steroid dienone is 1. The summed E-state index contributed by atoms with van der Waals surface area (Å²) < 4.78 is 12.9. The second-order valence-corrected chi connectivity index (χ2v) is 6.50.